The van der Waals surface area contributed by atoms with Crippen molar-refractivity contribution in [3.05, 3.63) is 59.7 Å². The molecule has 0 aliphatic rings. The predicted octanol–water partition coefficient (Wildman–Crippen LogP) is 2.76. The van der Waals surface area contributed by atoms with Crippen molar-refractivity contribution in [1.29, 1.82) is 0 Å². The molecule has 33 heavy (non-hydrogen) atoms. The maximum Gasteiger partial charge on any atom is 0.338 e. The zero-order chi connectivity index (χ0) is 24.2. The molecule has 1 atom stereocenters. The second kappa shape index (κ2) is 13.0. The van der Waals surface area contributed by atoms with Crippen LogP contribution in [0.3, 0.4) is 0 Å². The minimum atomic E-state index is -0.521. The molecule has 0 saturated carbocycles. The van der Waals surface area contributed by atoms with Crippen molar-refractivity contribution < 1.29 is 28.6 Å². The molecule has 10 heteroatoms. The van der Waals surface area contributed by atoms with Gasteiger partial charge in [-0.25, -0.2) is 4.79 Å². The first-order valence-electron chi connectivity index (χ1n) is 10.4. The first-order chi connectivity index (χ1) is 15.8. The molecule has 0 saturated heterocycles. The number of esters is 1. The lowest BCUT2D eigenvalue weighted by molar-refractivity contribution is -0.123. The molecule has 1 unspecified atom stereocenters. The molecule has 0 radical (unpaired) electrons. The van der Waals surface area contributed by atoms with Gasteiger partial charge in [0.25, 0.3) is 11.8 Å². The smallest absolute Gasteiger partial charge is 0.338 e. The molecule has 0 aliphatic heterocycles. The highest BCUT2D eigenvalue weighted by Crippen LogP contribution is 2.15. The zero-order valence-corrected chi connectivity index (χ0v) is 19.5. The molecule has 2 rings (SSSR count). The molecule has 0 heterocycles. The predicted molar refractivity (Wildman–Crippen MR) is 126 cm³/mol. The Morgan fingerprint density at radius 1 is 0.909 bits per heavy atom. The fourth-order valence-electron chi connectivity index (χ4n) is 2.42. The third-order valence-corrected chi connectivity index (χ3v) is 4.51. The lowest BCUT2D eigenvalue weighted by atomic mass is 10.2. The molecule has 0 bridgehead atoms. The van der Waals surface area contributed by atoms with Crippen molar-refractivity contribution in [2.45, 2.75) is 33.3 Å². The second-order valence-corrected chi connectivity index (χ2v) is 7.26. The van der Waals surface area contributed by atoms with Crippen molar-refractivity contribution in [2.24, 2.45) is 0 Å². The van der Waals surface area contributed by atoms with E-state index in [9.17, 15) is 14.4 Å². The molecule has 3 N–H and O–H groups in total. The summed E-state index contributed by atoms with van der Waals surface area (Å²) in [6.45, 7) is 5.69. The molecule has 0 spiro atoms. The number of thiocarbonyl (C=S) groups is 1. The van der Waals surface area contributed by atoms with Crippen LogP contribution in [-0.2, 0) is 9.53 Å². The summed E-state index contributed by atoms with van der Waals surface area (Å²) in [6, 6.07) is 12.8. The molecule has 2 amide bonds. The second-order valence-electron chi connectivity index (χ2n) is 6.85. The number of nitrogens with one attached hydrogen (secondary N) is 3. The van der Waals surface area contributed by atoms with E-state index >= 15 is 0 Å². The van der Waals surface area contributed by atoms with Crippen LogP contribution < -0.4 is 25.6 Å². The van der Waals surface area contributed by atoms with Crippen LogP contribution in [0.15, 0.2) is 48.5 Å². The maximum absolute atomic E-state index is 12.3. The van der Waals surface area contributed by atoms with Gasteiger partial charge in [-0.15, -0.1) is 0 Å². The van der Waals surface area contributed by atoms with Gasteiger partial charge in [0.05, 0.1) is 18.3 Å². The fraction of sp³-hybridized carbons (Fsp3) is 0.304. The SMILES string of the molecule is CCOC(=O)c1ccc(OCC(=O)NNC(=S)NC(=O)c2ccc(OC(C)CC)cc2)cc1. The monoisotopic (exact) mass is 473 g/mol. The van der Waals surface area contributed by atoms with Crippen LogP contribution >= 0.6 is 12.2 Å². The van der Waals surface area contributed by atoms with Gasteiger partial charge in [0.2, 0.25) is 0 Å². The van der Waals surface area contributed by atoms with Gasteiger partial charge >= 0.3 is 5.97 Å². The van der Waals surface area contributed by atoms with Gasteiger partial charge in [0.1, 0.15) is 11.5 Å². The molecule has 0 aliphatic carbocycles. The first-order valence-corrected chi connectivity index (χ1v) is 10.8. The van der Waals surface area contributed by atoms with E-state index in [0.717, 1.165) is 6.42 Å². The number of amides is 2. The molecule has 176 valence electrons. The number of carbonyl (C=O) groups is 3. The summed E-state index contributed by atoms with van der Waals surface area (Å²) in [6.07, 6.45) is 0.957. The Morgan fingerprint density at radius 3 is 2.12 bits per heavy atom. The number of hydrazine groups is 1. The summed E-state index contributed by atoms with van der Waals surface area (Å²) in [7, 11) is 0. The van der Waals surface area contributed by atoms with Gasteiger partial charge in [-0.2, -0.15) is 0 Å². The number of ether oxygens (including phenoxy) is 3. The molecule has 0 aromatic heterocycles. The molecule has 0 fully saturated rings. The highest BCUT2D eigenvalue weighted by Gasteiger charge is 2.11. The Morgan fingerprint density at radius 2 is 1.52 bits per heavy atom. The maximum atomic E-state index is 12.3. The third-order valence-electron chi connectivity index (χ3n) is 4.31. The Labute approximate surface area is 197 Å². The van der Waals surface area contributed by atoms with Crippen LogP contribution in [-0.4, -0.2) is 42.2 Å². The highest BCUT2D eigenvalue weighted by atomic mass is 32.1. The van der Waals surface area contributed by atoms with Crippen LogP contribution in [0.1, 0.15) is 47.9 Å². The highest BCUT2D eigenvalue weighted by molar-refractivity contribution is 7.80. The Hall–Kier alpha value is -3.66. The van der Waals surface area contributed by atoms with E-state index in [1.54, 1.807) is 43.3 Å². The number of carbonyl (C=O) groups excluding carboxylic acids is 3. The van der Waals surface area contributed by atoms with Crippen LogP contribution in [0.2, 0.25) is 0 Å². The molecule has 2 aromatic rings. The van der Waals surface area contributed by atoms with Gasteiger partial charge in [0.15, 0.2) is 11.7 Å². The Kier molecular flexibility index (Phi) is 10.1. The van der Waals surface area contributed by atoms with Gasteiger partial charge < -0.3 is 14.2 Å². The van der Waals surface area contributed by atoms with E-state index in [4.69, 9.17) is 26.4 Å². The van der Waals surface area contributed by atoms with Crippen molar-refractivity contribution in [3.8, 4) is 11.5 Å². The largest absolute Gasteiger partial charge is 0.491 e. The van der Waals surface area contributed by atoms with Gasteiger partial charge in [-0.1, -0.05) is 6.92 Å². The Bertz CT molecular complexity index is 963. The van der Waals surface area contributed by atoms with Crippen molar-refractivity contribution >= 4 is 35.1 Å². The minimum absolute atomic E-state index is 0.0768. The summed E-state index contributed by atoms with van der Waals surface area (Å²) in [5, 5.41) is 2.39. The lowest BCUT2D eigenvalue weighted by Crippen LogP contribution is -2.49. The molecule has 2 aromatic carbocycles. The van der Waals surface area contributed by atoms with Crippen LogP contribution in [0.4, 0.5) is 0 Å². The average molecular weight is 474 g/mol. The van der Waals surface area contributed by atoms with Crippen LogP contribution in [0, 0.1) is 0 Å². The van der Waals surface area contributed by atoms with Crippen molar-refractivity contribution in [3.63, 3.8) is 0 Å². The van der Waals surface area contributed by atoms with Gasteiger partial charge in [0, 0.05) is 5.56 Å². The zero-order valence-electron chi connectivity index (χ0n) is 18.7. The normalized spacial score (nSPS) is 11.0. The van der Waals surface area contributed by atoms with Crippen LogP contribution in [0.25, 0.3) is 0 Å². The van der Waals surface area contributed by atoms with E-state index < -0.39 is 17.8 Å². The summed E-state index contributed by atoms with van der Waals surface area (Å²) < 4.78 is 15.9. The Balaban J connectivity index is 1.72. The van der Waals surface area contributed by atoms with E-state index in [0.29, 0.717) is 22.6 Å². The third kappa shape index (κ3) is 8.77. The van der Waals surface area contributed by atoms with Gasteiger partial charge in [-0.3, -0.25) is 25.8 Å². The number of hydrogen-bond donors (Lipinski definition) is 3. The van der Waals surface area contributed by atoms with E-state index in [-0.39, 0.29) is 24.4 Å². The topological polar surface area (TPSA) is 115 Å². The standard InChI is InChI=1S/C23H27N3O6S/c1-4-15(3)32-19-12-6-16(7-13-19)21(28)24-23(33)26-25-20(27)14-31-18-10-8-17(9-11-18)22(29)30-5-2/h6-13,15H,4-5,14H2,1-3H3,(H,25,27)(H2,24,26,28,33). The number of rotatable bonds is 9. The average Bonchev–Trinajstić information content (AvgIpc) is 2.82. The summed E-state index contributed by atoms with van der Waals surface area (Å²) in [5.74, 6) is -0.321. The summed E-state index contributed by atoms with van der Waals surface area (Å²) >= 11 is 5.02. The first kappa shape index (κ1) is 25.6. The van der Waals surface area contributed by atoms with Crippen molar-refractivity contribution in [1.82, 2.24) is 16.2 Å². The van der Waals surface area contributed by atoms with Crippen molar-refractivity contribution in [2.75, 3.05) is 13.2 Å². The van der Waals surface area contributed by atoms with E-state index in [1.807, 2.05) is 13.8 Å². The molecule has 9 nitrogen and oxygen atoms in total. The van der Waals surface area contributed by atoms with Crippen LogP contribution in [0.5, 0.6) is 11.5 Å². The molecular weight excluding hydrogens is 446 g/mol. The fourth-order valence-corrected chi connectivity index (χ4v) is 2.56. The number of benzene rings is 2. The quantitative estimate of drug-likeness (QED) is 0.289. The number of hydrogen-bond acceptors (Lipinski definition) is 7. The van der Waals surface area contributed by atoms with Gasteiger partial charge in [-0.05, 0) is 81.0 Å². The minimum Gasteiger partial charge on any atom is -0.491 e. The van der Waals surface area contributed by atoms with E-state index in [2.05, 4.69) is 16.2 Å². The van der Waals surface area contributed by atoms with E-state index in [1.165, 1.54) is 12.1 Å². The lowest BCUT2D eigenvalue weighted by Gasteiger charge is -2.13. The molecular formula is C23H27N3O6S. The summed E-state index contributed by atoms with van der Waals surface area (Å²) in [5.41, 5.74) is 5.53. The summed E-state index contributed by atoms with van der Waals surface area (Å²) in [4.78, 5) is 35.8.